The highest BCUT2D eigenvalue weighted by molar-refractivity contribution is 7.91. The third-order valence-corrected chi connectivity index (χ3v) is 3.39. The highest BCUT2D eigenvalue weighted by atomic mass is 32.2. The topological polar surface area (TPSA) is 75.3 Å². The van der Waals surface area contributed by atoms with Gasteiger partial charge in [0.05, 0.1) is 0 Å². The summed E-state index contributed by atoms with van der Waals surface area (Å²) >= 11 is 0. The normalized spacial score (nSPS) is 13.0. The maximum atomic E-state index is 11.7. The number of amides is 1. The van der Waals surface area contributed by atoms with Gasteiger partial charge < -0.3 is 10.6 Å². The minimum atomic E-state index is -3.31. The predicted octanol–water partition coefficient (Wildman–Crippen LogP) is 1.34. The summed E-state index contributed by atoms with van der Waals surface area (Å²) in [6.07, 6.45) is 1.04. The summed E-state index contributed by atoms with van der Waals surface area (Å²) < 4.78 is 22.2. The van der Waals surface area contributed by atoms with Crippen LogP contribution in [0.15, 0.2) is 24.3 Å². The molecule has 0 heterocycles. The number of carbonyl (C=O) groups is 1. The minimum absolute atomic E-state index is 0.0831. The number of sulfone groups is 1. The SMILES string of the molecule is CCNC(C)c1ccccc1NC(=O)CS(C)(=O)=O. The second kappa shape index (κ2) is 6.68. The first-order chi connectivity index (χ1) is 8.83. The van der Waals surface area contributed by atoms with Gasteiger partial charge in [0.2, 0.25) is 5.91 Å². The summed E-state index contributed by atoms with van der Waals surface area (Å²) in [4.78, 5) is 11.7. The van der Waals surface area contributed by atoms with Gasteiger partial charge in [-0.2, -0.15) is 0 Å². The fraction of sp³-hybridized carbons (Fsp3) is 0.462. The molecule has 1 rings (SSSR count). The van der Waals surface area contributed by atoms with Crippen LogP contribution in [0.5, 0.6) is 0 Å². The number of hydrogen-bond donors (Lipinski definition) is 2. The van der Waals surface area contributed by atoms with E-state index in [1.54, 1.807) is 12.1 Å². The van der Waals surface area contributed by atoms with E-state index >= 15 is 0 Å². The van der Waals surface area contributed by atoms with E-state index in [1.165, 1.54) is 0 Å². The molecular formula is C13H20N2O3S. The van der Waals surface area contributed by atoms with Crippen LogP contribution in [-0.4, -0.2) is 32.9 Å². The molecule has 1 amide bonds. The molecule has 6 heteroatoms. The number of anilines is 1. The van der Waals surface area contributed by atoms with Gasteiger partial charge in [-0.3, -0.25) is 4.79 Å². The fourth-order valence-corrected chi connectivity index (χ4v) is 2.38. The van der Waals surface area contributed by atoms with Crippen molar-refractivity contribution in [2.24, 2.45) is 0 Å². The maximum Gasteiger partial charge on any atom is 0.239 e. The number of hydrogen-bond acceptors (Lipinski definition) is 4. The molecule has 0 radical (unpaired) electrons. The summed E-state index contributed by atoms with van der Waals surface area (Å²) in [6, 6.07) is 7.44. The van der Waals surface area contributed by atoms with Gasteiger partial charge in [-0.05, 0) is 25.1 Å². The van der Waals surface area contributed by atoms with Crippen molar-refractivity contribution in [3.8, 4) is 0 Å². The van der Waals surface area contributed by atoms with E-state index in [0.717, 1.165) is 18.4 Å². The first-order valence-corrected chi connectivity index (χ1v) is 8.19. The molecular weight excluding hydrogens is 264 g/mol. The summed E-state index contributed by atoms with van der Waals surface area (Å²) in [5, 5.41) is 5.90. The molecule has 2 N–H and O–H groups in total. The van der Waals surface area contributed by atoms with Crippen LogP contribution < -0.4 is 10.6 Å². The molecule has 0 bridgehead atoms. The summed E-state index contributed by atoms with van der Waals surface area (Å²) in [7, 11) is -3.31. The lowest BCUT2D eigenvalue weighted by molar-refractivity contribution is -0.113. The van der Waals surface area contributed by atoms with Gasteiger partial charge in [0.1, 0.15) is 5.75 Å². The van der Waals surface area contributed by atoms with Gasteiger partial charge in [-0.25, -0.2) is 8.42 Å². The molecule has 0 fully saturated rings. The average molecular weight is 284 g/mol. The zero-order valence-corrected chi connectivity index (χ0v) is 12.3. The third kappa shape index (κ3) is 5.40. The van der Waals surface area contributed by atoms with E-state index in [4.69, 9.17) is 0 Å². The minimum Gasteiger partial charge on any atom is -0.325 e. The molecule has 0 aliphatic heterocycles. The zero-order chi connectivity index (χ0) is 14.5. The second-order valence-electron chi connectivity index (χ2n) is 4.48. The predicted molar refractivity (Wildman–Crippen MR) is 76.9 cm³/mol. The molecule has 1 aromatic carbocycles. The number of benzene rings is 1. The molecule has 0 spiro atoms. The van der Waals surface area contributed by atoms with Gasteiger partial charge >= 0.3 is 0 Å². The Kier molecular flexibility index (Phi) is 5.50. The molecule has 1 unspecified atom stereocenters. The summed E-state index contributed by atoms with van der Waals surface area (Å²) in [5.41, 5.74) is 1.58. The molecule has 5 nitrogen and oxygen atoms in total. The van der Waals surface area contributed by atoms with E-state index in [1.807, 2.05) is 26.0 Å². The van der Waals surface area contributed by atoms with E-state index in [0.29, 0.717) is 5.69 Å². The van der Waals surface area contributed by atoms with E-state index in [2.05, 4.69) is 10.6 Å². The van der Waals surface area contributed by atoms with Crippen LogP contribution in [0.25, 0.3) is 0 Å². The standard InChI is InChI=1S/C13H20N2O3S/c1-4-14-10(2)11-7-5-6-8-12(11)15-13(16)9-19(3,17)18/h5-8,10,14H,4,9H2,1-3H3,(H,15,16). The molecule has 0 saturated heterocycles. The first-order valence-electron chi connectivity index (χ1n) is 6.13. The van der Waals surface area contributed by atoms with Crippen molar-refractivity contribution in [2.75, 3.05) is 23.9 Å². The first kappa shape index (κ1) is 15.7. The van der Waals surface area contributed by atoms with Gasteiger partial charge in [-0.1, -0.05) is 25.1 Å². The Hall–Kier alpha value is -1.40. The number of para-hydroxylation sites is 1. The second-order valence-corrected chi connectivity index (χ2v) is 6.63. The molecule has 106 valence electrons. The Morgan fingerprint density at radius 2 is 1.95 bits per heavy atom. The van der Waals surface area contributed by atoms with Crippen molar-refractivity contribution in [1.29, 1.82) is 0 Å². The smallest absolute Gasteiger partial charge is 0.239 e. The van der Waals surface area contributed by atoms with Gasteiger partial charge in [-0.15, -0.1) is 0 Å². The zero-order valence-electron chi connectivity index (χ0n) is 11.4. The number of carbonyl (C=O) groups excluding carboxylic acids is 1. The van der Waals surface area contributed by atoms with Gasteiger partial charge in [0.15, 0.2) is 9.84 Å². The van der Waals surface area contributed by atoms with Crippen molar-refractivity contribution >= 4 is 21.4 Å². The Morgan fingerprint density at radius 1 is 1.32 bits per heavy atom. The third-order valence-electron chi connectivity index (χ3n) is 2.60. The van der Waals surface area contributed by atoms with E-state index < -0.39 is 21.5 Å². The van der Waals surface area contributed by atoms with Crippen molar-refractivity contribution in [3.63, 3.8) is 0 Å². The van der Waals surface area contributed by atoms with Crippen LogP contribution in [-0.2, 0) is 14.6 Å². The monoisotopic (exact) mass is 284 g/mol. The van der Waals surface area contributed by atoms with Crippen molar-refractivity contribution in [3.05, 3.63) is 29.8 Å². The van der Waals surface area contributed by atoms with E-state index in [-0.39, 0.29) is 6.04 Å². The molecule has 0 saturated carbocycles. The Bertz CT molecular complexity index is 541. The van der Waals surface area contributed by atoms with Gasteiger partial charge in [0, 0.05) is 18.0 Å². The molecule has 0 aliphatic carbocycles. The van der Waals surface area contributed by atoms with Crippen molar-refractivity contribution in [2.45, 2.75) is 19.9 Å². The Labute approximate surface area is 114 Å². The highest BCUT2D eigenvalue weighted by Gasteiger charge is 2.14. The number of rotatable bonds is 6. The molecule has 0 aliphatic rings. The van der Waals surface area contributed by atoms with E-state index in [9.17, 15) is 13.2 Å². The van der Waals surface area contributed by atoms with Crippen molar-refractivity contribution in [1.82, 2.24) is 5.32 Å². The van der Waals surface area contributed by atoms with Crippen LogP contribution in [0, 0.1) is 0 Å². The highest BCUT2D eigenvalue weighted by Crippen LogP contribution is 2.22. The summed E-state index contributed by atoms with van der Waals surface area (Å²) in [6.45, 7) is 4.80. The Balaban J connectivity index is 2.86. The van der Waals surface area contributed by atoms with Crippen LogP contribution in [0.1, 0.15) is 25.5 Å². The van der Waals surface area contributed by atoms with Crippen LogP contribution in [0.3, 0.4) is 0 Å². The lowest BCUT2D eigenvalue weighted by Gasteiger charge is -2.17. The summed E-state index contributed by atoms with van der Waals surface area (Å²) in [5.74, 6) is -1.02. The lowest BCUT2D eigenvalue weighted by atomic mass is 10.1. The molecule has 1 atom stereocenters. The fourth-order valence-electron chi connectivity index (χ4n) is 1.83. The van der Waals surface area contributed by atoms with Crippen LogP contribution in [0.4, 0.5) is 5.69 Å². The van der Waals surface area contributed by atoms with Crippen molar-refractivity contribution < 1.29 is 13.2 Å². The number of nitrogens with one attached hydrogen (secondary N) is 2. The van der Waals surface area contributed by atoms with Gasteiger partial charge in [0.25, 0.3) is 0 Å². The van der Waals surface area contributed by atoms with Crippen LogP contribution in [0.2, 0.25) is 0 Å². The largest absolute Gasteiger partial charge is 0.325 e. The molecule has 19 heavy (non-hydrogen) atoms. The quantitative estimate of drug-likeness (QED) is 0.826. The molecule has 1 aromatic rings. The average Bonchev–Trinajstić information content (AvgIpc) is 2.27. The van der Waals surface area contributed by atoms with Crippen LogP contribution >= 0.6 is 0 Å². The Morgan fingerprint density at radius 3 is 2.53 bits per heavy atom. The molecule has 0 aromatic heterocycles. The maximum absolute atomic E-state index is 11.7. The lowest BCUT2D eigenvalue weighted by Crippen LogP contribution is -2.24.